The molecule has 1 unspecified atom stereocenters. The second-order valence-corrected chi connectivity index (χ2v) is 10.6. The van der Waals surface area contributed by atoms with Gasteiger partial charge in [0, 0.05) is 19.3 Å². The third-order valence-electron chi connectivity index (χ3n) is 6.51. The quantitative estimate of drug-likeness (QED) is 0.189. The topological polar surface area (TPSA) is 144 Å². The van der Waals surface area contributed by atoms with Gasteiger partial charge in [0.25, 0.3) is 0 Å². The summed E-state index contributed by atoms with van der Waals surface area (Å²) in [5.74, 6) is 5.03. The minimum absolute atomic E-state index is 0.0853. The highest BCUT2D eigenvalue weighted by Gasteiger charge is 2.32. The molecule has 184 valence electrons. The molecule has 4 rings (SSSR count). The highest BCUT2D eigenvalue weighted by atomic mass is 32.2. The van der Waals surface area contributed by atoms with Crippen molar-refractivity contribution in [3.05, 3.63) is 72.1 Å². The number of aromatic nitrogens is 1. The highest BCUT2D eigenvalue weighted by molar-refractivity contribution is 7.89. The molecule has 1 aliphatic carbocycles. The number of sulfonamides is 1. The van der Waals surface area contributed by atoms with Crippen LogP contribution < -0.4 is 16.3 Å². The smallest absolute Gasteiger partial charge is 0.241 e. The van der Waals surface area contributed by atoms with E-state index >= 15 is 0 Å². The number of benzene rings is 2. The monoisotopic (exact) mass is 494 g/mol. The van der Waals surface area contributed by atoms with E-state index in [-0.39, 0.29) is 29.1 Å². The van der Waals surface area contributed by atoms with Crippen molar-refractivity contribution in [2.24, 2.45) is 16.7 Å². The van der Waals surface area contributed by atoms with Crippen LogP contribution in [0.5, 0.6) is 0 Å². The molecular formula is C25H30N6O3S. The fourth-order valence-corrected chi connectivity index (χ4v) is 5.71. The van der Waals surface area contributed by atoms with Crippen molar-refractivity contribution in [1.29, 1.82) is 0 Å². The SMILES string of the molecule is CN(C(=O)C(Cc1ccc(/C(N)=N/N)nc1)NS(=O)(=O)c1ccc2ccccc2c1)C1CCCC1. The van der Waals surface area contributed by atoms with Crippen LogP contribution in [0.1, 0.15) is 36.9 Å². The summed E-state index contributed by atoms with van der Waals surface area (Å²) >= 11 is 0. The van der Waals surface area contributed by atoms with E-state index < -0.39 is 16.1 Å². The van der Waals surface area contributed by atoms with Crippen LogP contribution in [-0.2, 0) is 21.2 Å². The molecule has 0 bridgehead atoms. The minimum atomic E-state index is -3.97. The Labute approximate surface area is 205 Å². The van der Waals surface area contributed by atoms with E-state index in [1.54, 1.807) is 48.5 Å². The van der Waals surface area contributed by atoms with Crippen LogP contribution in [0.4, 0.5) is 0 Å². The van der Waals surface area contributed by atoms with E-state index in [0.29, 0.717) is 11.3 Å². The number of nitrogens with zero attached hydrogens (tertiary/aromatic N) is 3. The highest BCUT2D eigenvalue weighted by Crippen LogP contribution is 2.24. The number of nitrogens with one attached hydrogen (secondary N) is 1. The molecule has 10 heteroatoms. The number of amidine groups is 1. The van der Waals surface area contributed by atoms with Crippen molar-refractivity contribution in [2.45, 2.75) is 49.1 Å². The predicted octanol–water partition coefficient (Wildman–Crippen LogP) is 2.10. The van der Waals surface area contributed by atoms with Gasteiger partial charge in [-0.25, -0.2) is 8.42 Å². The number of fused-ring (bicyclic) bond motifs is 1. The number of hydrogen-bond donors (Lipinski definition) is 3. The standard InChI is InChI=1S/C25H30N6O3S/c1-31(20-8-4-5-9-20)25(32)23(14-17-10-13-22(28-16-17)24(26)29-27)30-35(33,34)21-12-11-18-6-2-3-7-19(18)15-21/h2-3,6-7,10-13,15-16,20,23,30H,4-5,8-9,14,27H2,1H3,(H2,26,29). The van der Waals surface area contributed by atoms with E-state index in [9.17, 15) is 13.2 Å². The van der Waals surface area contributed by atoms with Crippen LogP contribution in [-0.4, -0.2) is 49.2 Å². The lowest BCUT2D eigenvalue weighted by Crippen LogP contribution is -2.50. The zero-order valence-corrected chi connectivity index (χ0v) is 20.4. The van der Waals surface area contributed by atoms with Crippen LogP contribution in [0.2, 0.25) is 0 Å². The number of amides is 1. The molecule has 3 aromatic rings. The number of pyridine rings is 1. The molecule has 0 saturated heterocycles. The van der Waals surface area contributed by atoms with Gasteiger partial charge in [0.05, 0.1) is 4.90 Å². The molecule has 1 aliphatic rings. The summed E-state index contributed by atoms with van der Waals surface area (Å²) in [5.41, 5.74) is 6.78. The summed E-state index contributed by atoms with van der Waals surface area (Å²) in [6, 6.07) is 14.9. The number of hydrogen-bond acceptors (Lipinski definition) is 6. The molecule has 35 heavy (non-hydrogen) atoms. The predicted molar refractivity (Wildman–Crippen MR) is 136 cm³/mol. The van der Waals surface area contributed by atoms with Crippen LogP contribution in [0, 0.1) is 0 Å². The number of carbonyl (C=O) groups excluding carboxylic acids is 1. The molecule has 9 nitrogen and oxygen atoms in total. The molecular weight excluding hydrogens is 464 g/mol. The van der Waals surface area contributed by atoms with Gasteiger partial charge in [0.1, 0.15) is 11.7 Å². The third-order valence-corrected chi connectivity index (χ3v) is 7.98. The van der Waals surface area contributed by atoms with Gasteiger partial charge in [0.15, 0.2) is 5.84 Å². The summed E-state index contributed by atoms with van der Waals surface area (Å²) in [6.45, 7) is 0. The Morgan fingerprint density at radius 1 is 1.14 bits per heavy atom. The first-order chi connectivity index (χ1) is 16.8. The Hall–Kier alpha value is -3.50. The van der Waals surface area contributed by atoms with Gasteiger partial charge in [-0.05, 0) is 53.8 Å². The molecule has 1 saturated carbocycles. The van der Waals surface area contributed by atoms with E-state index in [2.05, 4.69) is 14.8 Å². The van der Waals surface area contributed by atoms with Crippen LogP contribution in [0.15, 0.2) is 70.8 Å². The van der Waals surface area contributed by atoms with Crippen LogP contribution in [0.3, 0.4) is 0 Å². The lowest BCUT2D eigenvalue weighted by molar-refractivity contribution is -0.133. The maximum Gasteiger partial charge on any atom is 0.241 e. The van der Waals surface area contributed by atoms with Gasteiger partial charge >= 0.3 is 0 Å². The fraction of sp³-hybridized carbons (Fsp3) is 0.320. The number of likely N-dealkylation sites (N-methyl/N-ethyl adjacent to an activating group) is 1. The van der Waals surface area contributed by atoms with E-state index in [1.807, 2.05) is 24.3 Å². The zero-order valence-electron chi connectivity index (χ0n) is 19.6. The van der Waals surface area contributed by atoms with Crippen molar-refractivity contribution in [2.75, 3.05) is 7.05 Å². The normalized spacial score (nSPS) is 15.9. The van der Waals surface area contributed by atoms with Crippen LogP contribution >= 0.6 is 0 Å². The average Bonchev–Trinajstić information content (AvgIpc) is 3.42. The van der Waals surface area contributed by atoms with E-state index in [4.69, 9.17) is 11.6 Å². The Balaban J connectivity index is 1.62. The summed E-state index contributed by atoms with van der Waals surface area (Å²) in [5, 5.41) is 5.17. The number of carbonyl (C=O) groups is 1. The zero-order chi connectivity index (χ0) is 25.0. The first-order valence-electron chi connectivity index (χ1n) is 11.5. The Bertz CT molecular complexity index is 1330. The van der Waals surface area contributed by atoms with Crippen molar-refractivity contribution >= 4 is 32.5 Å². The molecule has 1 atom stereocenters. The number of rotatable bonds is 8. The summed E-state index contributed by atoms with van der Waals surface area (Å²) in [4.78, 5) is 19.5. The second kappa shape index (κ2) is 10.4. The largest absolute Gasteiger partial charge is 0.380 e. The van der Waals surface area contributed by atoms with Gasteiger partial charge in [0.2, 0.25) is 15.9 Å². The van der Waals surface area contributed by atoms with Crippen molar-refractivity contribution < 1.29 is 13.2 Å². The summed E-state index contributed by atoms with van der Waals surface area (Å²) in [7, 11) is -2.23. The first-order valence-corrected chi connectivity index (χ1v) is 13.0. The number of nitrogens with two attached hydrogens (primary N) is 2. The molecule has 1 fully saturated rings. The van der Waals surface area contributed by atoms with Crippen molar-refractivity contribution in [3.8, 4) is 0 Å². The van der Waals surface area contributed by atoms with Gasteiger partial charge in [-0.1, -0.05) is 49.2 Å². The van der Waals surface area contributed by atoms with Gasteiger partial charge in [-0.3, -0.25) is 9.78 Å². The fourth-order valence-electron chi connectivity index (χ4n) is 4.49. The van der Waals surface area contributed by atoms with Crippen molar-refractivity contribution in [1.82, 2.24) is 14.6 Å². The molecule has 0 spiro atoms. The first kappa shape index (κ1) is 24.6. The second-order valence-electron chi connectivity index (χ2n) is 8.84. The minimum Gasteiger partial charge on any atom is -0.380 e. The molecule has 5 N–H and O–H groups in total. The molecule has 1 amide bonds. The Morgan fingerprint density at radius 3 is 2.51 bits per heavy atom. The van der Waals surface area contributed by atoms with Gasteiger partial charge in [-0.2, -0.15) is 9.82 Å². The number of hydrazone groups is 1. The molecule has 2 aromatic carbocycles. The molecule has 0 aliphatic heterocycles. The maximum absolute atomic E-state index is 13.5. The lowest BCUT2D eigenvalue weighted by atomic mass is 10.1. The van der Waals surface area contributed by atoms with Gasteiger partial charge < -0.3 is 16.5 Å². The Morgan fingerprint density at radius 2 is 1.86 bits per heavy atom. The molecule has 1 heterocycles. The average molecular weight is 495 g/mol. The van der Waals surface area contributed by atoms with E-state index in [1.165, 1.54) is 0 Å². The molecule has 0 radical (unpaired) electrons. The third kappa shape index (κ3) is 5.60. The van der Waals surface area contributed by atoms with E-state index in [0.717, 1.165) is 36.5 Å². The van der Waals surface area contributed by atoms with Crippen molar-refractivity contribution in [3.63, 3.8) is 0 Å². The summed E-state index contributed by atoms with van der Waals surface area (Å²) < 4.78 is 29.4. The van der Waals surface area contributed by atoms with Crippen LogP contribution in [0.25, 0.3) is 10.8 Å². The lowest BCUT2D eigenvalue weighted by Gasteiger charge is -2.29. The maximum atomic E-state index is 13.5. The summed E-state index contributed by atoms with van der Waals surface area (Å²) in [6.07, 6.45) is 5.64. The van der Waals surface area contributed by atoms with Gasteiger partial charge in [-0.15, -0.1) is 0 Å². The Kier molecular flexibility index (Phi) is 7.32. The molecule has 1 aromatic heterocycles.